The molecule has 0 aromatic heterocycles. The highest BCUT2D eigenvalue weighted by atomic mass is 15.2. The molecule has 3 nitrogen and oxygen atoms in total. The zero-order valence-electron chi connectivity index (χ0n) is 10.00. The van der Waals surface area contributed by atoms with E-state index in [1.54, 1.807) is 0 Å². The summed E-state index contributed by atoms with van der Waals surface area (Å²) in [6.45, 7) is 4.41. The second kappa shape index (κ2) is 3.55. The van der Waals surface area contributed by atoms with Crippen LogP contribution in [0.4, 0.5) is 0 Å². The summed E-state index contributed by atoms with van der Waals surface area (Å²) in [5.74, 6) is 0.763. The standard InChI is InChI=1S/C14H19N3/c1-2-4-11-10(3-1)8-16-13(11)12-7-14(12)9-15-5-6-17-14/h1-4,12-13,15-17H,5-9H2. The van der Waals surface area contributed by atoms with Crippen LogP contribution in [-0.4, -0.2) is 25.2 Å². The molecule has 3 aliphatic rings. The summed E-state index contributed by atoms with van der Waals surface area (Å²) in [6, 6.07) is 9.43. The second-order valence-corrected chi connectivity index (χ2v) is 5.63. The number of fused-ring (bicyclic) bond motifs is 1. The van der Waals surface area contributed by atoms with Crippen LogP contribution in [0, 0.1) is 5.92 Å². The summed E-state index contributed by atoms with van der Waals surface area (Å²) in [4.78, 5) is 0. The van der Waals surface area contributed by atoms with Gasteiger partial charge in [0, 0.05) is 37.8 Å². The van der Waals surface area contributed by atoms with E-state index < -0.39 is 0 Å². The lowest BCUT2D eigenvalue weighted by Crippen LogP contribution is -2.52. The van der Waals surface area contributed by atoms with Crippen molar-refractivity contribution in [3.63, 3.8) is 0 Å². The molecule has 1 spiro atoms. The number of benzene rings is 1. The van der Waals surface area contributed by atoms with Gasteiger partial charge in [-0.15, -0.1) is 0 Å². The van der Waals surface area contributed by atoms with Gasteiger partial charge in [0.05, 0.1) is 0 Å². The lowest BCUT2D eigenvalue weighted by Gasteiger charge is -2.27. The Morgan fingerprint density at radius 3 is 3.00 bits per heavy atom. The molecule has 1 aliphatic carbocycles. The lowest BCUT2D eigenvalue weighted by atomic mass is 9.98. The van der Waals surface area contributed by atoms with E-state index in [1.807, 2.05) is 0 Å². The fourth-order valence-corrected chi connectivity index (χ4v) is 3.64. The van der Waals surface area contributed by atoms with Crippen LogP contribution in [0.25, 0.3) is 0 Å². The van der Waals surface area contributed by atoms with Crippen molar-refractivity contribution >= 4 is 0 Å². The van der Waals surface area contributed by atoms with Gasteiger partial charge in [-0.1, -0.05) is 24.3 Å². The second-order valence-electron chi connectivity index (χ2n) is 5.63. The number of piperazine rings is 1. The number of nitrogens with one attached hydrogen (secondary N) is 3. The van der Waals surface area contributed by atoms with Crippen molar-refractivity contribution in [2.75, 3.05) is 19.6 Å². The van der Waals surface area contributed by atoms with Crippen molar-refractivity contribution < 1.29 is 0 Å². The maximum atomic E-state index is 3.72. The summed E-state index contributed by atoms with van der Waals surface area (Å²) >= 11 is 0. The zero-order valence-corrected chi connectivity index (χ0v) is 10.00. The summed E-state index contributed by atoms with van der Waals surface area (Å²) in [5, 5.41) is 10.9. The number of hydrogen-bond acceptors (Lipinski definition) is 3. The van der Waals surface area contributed by atoms with Crippen LogP contribution in [-0.2, 0) is 6.54 Å². The first-order chi connectivity index (χ1) is 8.39. The molecular formula is C14H19N3. The van der Waals surface area contributed by atoms with Gasteiger partial charge >= 0.3 is 0 Å². The van der Waals surface area contributed by atoms with E-state index in [2.05, 4.69) is 40.2 Å². The molecule has 2 fully saturated rings. The monoisotopic (exact) mass is 229 g/mol. The van der Waals surface area contributed by atoms with Crippen LogP contribution in [0.3, 0.4) is 0 Å². The molecule has 4 rings (SSSR count). The first-order valence-corrected chi connectivity index (χ1v) is 6.66. The fourth-order valence-electron chi connectivity index (χ4n) is 3.64. The molecule has 2 heterocycles. The maximum Gasteiger partial charge on any atom is 0.0373 e. The zero-order chi connectivity index (χ0) is 11.3. The van der Waals surface area contributed by atoms with E-state index in [-0.39, 0.29) is 0 Å². The molecule has 2 aliphatic heterocycles. The Balaban J connectivity index is 1.59. The molecule has 3 atom stereocenters. The van der Waals surface area contributed by atoms with Crippen molar-refractivity contribution in [2.45, 2.75) is 24.5 Å². The molecule has 1 aromatic rings. The molecule has 1 saturated heterocycles. The molecule has 3 unspecified atom stereocenters. The van der Waals surface area contributed by atoms with E-state index in [0.29, 0.717) is 11.6 Å². The highest BCUT2D eigenvalue weighted by Gasteiger charge is 2.58. The van der Waals surface area contributed by atoms with Crippen molar-refractivity contribution in [3.8, 4) is 0 Å². The molecule has 3 heteroatoms. The Kier molecular flexibility index (Phi) is 2.10. The van der Waals surface area contributed by atoms with Gasteiger partial charge in [-0.25, -0.2) is 0 Å². The van der Waals surface area contributed by atoms with Gasteiger partial charge in [0.25, 0.3) is 0 Å². The smallest absolute Gasteiger partial charge is 0.0373 e. The lowest BCUT2D eigenvalue weighted by molar-refractivity contribution is 0.347. The Morgan fingerprint density at radius 1 is 1.18 bits per heavy atom. The molecule has 90 valence electrons. The third-order valence-corrected chi connectivity index (χ3v) is 4.66. The van der Waals surface area contributed by atoms with Gasteiger partial charge in [0.2, 0.25) is 0 Å². The molecule has 3 N–H and O–H groups in total. The van der Waals surface area contributed by atoms with Crippen molar-refractivity contribution in [3.05, 3.63) is 35.4 Å². The van der Waals surface area contributed by atoms with Gasteiger partial charge in [-0.3, -0.25) is 0 Å². The van der Waals surface area contributed by atoms with Crippen LogP contribution >= 0.6 is 0 Å². The average Bonchev–Trinajstić information content (AvgIpc) is 2.89. The molecular weight excluding hydrogens is 210 g/mol. The molecule has 1 aromatic carbocycles. The van der Waals surface area contributed by atoms with E-state index in [9.17, 15) is 0 Å². The Hall–Kier alpha value is -0.900. The Labute approximate surface area is 102 Å². The largest absolute Gasteiger partial charge is 0.314 e. The van der Waals surface area contributed by atoms with Crippen LogP contribution in [0.5, 0.6) is 0 Å². The van der Waals surface area contributed by atoms with Gasteiger partial charge in [-0.05, 0) is 23.5 Å². The molecule has 17 heavy (non-hydrogen) atoms. The average molecular weight is 229 g/mol. The third kappa shape index (κ3) is 1.46. The van der Waals surface area contributed by atoms with Crippen LogP contribution in [0.1, 0.15) is 23.6 Å². The topological polar surface area (TPSA) is 36.1 Å². The quantitative estimate of drug-likeness (QED) is 0.666. The molecule has 0 radical (unpaired) electrons. The summed E-state index contributed by atoms with van der Waals surface area (Å²) in [6.07, 6.45) is 1.31. The van der Waals surface area contributed by atoms with Crippen LogP contribution in [0.15, 0.2) is 24.3 Å². The minimum atomic E-state index is 0.382. The first kappa shape index (κ1) is 10.1. The highest BCUT2D eigenvalue weighted by molar-refractivity contribution is 5.37. The Morgan fingerprint density at radius 2 is 2.12 bits per heavy atom. The van der Waals surface area contributed by atoms with Gasteiger partial charge in [0.15, 0.2) is 0 Å². The van der Waals surface area contributed by atoms with E-state index in [4.69, 9.17) is 0 Å². The maximum absolute atomic E-state index is 3.72. The summed E-state index contributed by atoms with van der Waals surface area (Å²) in [5.41, 5.74) is 3.40. The first-order valence-electron chi connectivity index (χ1n) is 6.66. The van der Waals surface area contributed by atoms with E-state index in [1.165, 1.54) is 17.5 Å². The van der Waals surface area contributed by atoms with Crippen molar-refractivity contribution in [1.82, 2.24) is 16.0 Å². The van der Waals surface area contributed by atoms with Crippen LogP contribution in [0.2, 0.25) is 0 Å². The molecule has 0 bridgehead atoms. The minimum absolute atomic E-state index is 0.382. The van der Waals surface area contributed by atoms with Crippen molar-refractivity contribution in [1.29, 1.82) is 0 Å². The Bertz CT molecular complexity index is 437. The SMILES string of the molecule is c1ccc2c(c1)CNC2C1CC12CNCCN2. The predicted octanol–water partition coefficient (Wildman–Crippen LogP) is 0.782. The normalized spacial score (nSPS) is 39.3. The minimum Gasteiger partial charge on any atom is -0.314 e. The van der Waals surface area contributed by atoms with Crippen molar-refractivity contribution in [2.24, 2.45) is 5.92 Å². The predicted molar refractivity (Wildman–Crippen MR) is 67.7 cm³/mol. The van der Waals surface area contributed by atoms with Gasteiger partial charge < -0.3 is 16.0 Å². The fraction of sp³-hybridized carbons (Fsp3) is 0.571. The third-order valence-electron chi connectivity index (χ3n) is 4.66. The number of hydrogen-bond donors (Lipinski definition) is 3. The van der Waals surface area contributed by atoms with Gasteiger partial charge in [-0.2, -0.15) is 0 Å². The van der Waals surface area contributed by atoms with Crippen LogP contribution < -0.4 is 16.0 Å². The molecule has 1 saturated carbocycles. The molecule has 0 amide bonds. The van der Waals surface area contributed by atoms with Gasteiger partial charge in [0.1, 0.15) is 0 Å². The summed E-state index contributed by atoms with van der Waals surface area (Å²) < 4.78 is 0. The number of rotatable bonds is 1. The highest BCUT2D eigenvalue weighted by Crippen LogP contribution is 2.53. The summed E-state index contributed by atoms with van der Waals surface area (Å²) in [7, 11) is 0. The van der Waals surface area contributed by atoms with E-state index >= 15 is 0 Å². The van der Waals surface area contributed by atoms with E-state index in [0.717, 1.165) is 32.1 Å².